The summed E-state index contributed by atoms with van der Waals surface area (Å²) in [5, 5.41) is 23.5. The molecule has 0 saturated carbocycles. The summed E-state index contributed by atoms with van der Waals surface area (Å²) in [7, 11) is 0. The van der Waals surface area contributed by atoms with E-state index >= 15 is 0 Å². The SMILES string of the molecule is O=C(O)CCCC(=O)Nc1ccc(-c2cncn2[C@@H]2CCc3cc(-c4cc(Cl)ccc4-n4cnnn4)cc(=O)n32)cc1. The number of aliphatic carboxylic acids is 1. The molecule has 1 amide bonds. The second-order valence-electron chi connectivity index (χ2n) is 9.94. The molecule has 12 nitrogen and oxygen atoms in total. The number of pyridine rings is 1. The van der Waals surface area contributed by atoms with E-state index < -0.39 is 5.97 Å². The zero-order chi connectivity index (χ0) is 29.2. The van der Waals surface area contributed by atoms with E-state index in [1.807, 2.05) is 28.8 Å². The standard InChI is InChI=1S/C29H25ClN8O4/c30-20-6-10-24(37-17-32-34-35-37)23(14-20)19-12-22-9-11-27(38(22)28(40)13-19)36-16-31-15-25(36)18-4-7-21(8-5-18)33-26(39)2-1-3-29(41)42/h4-8,10,12-17,27H,1-3,9,11H2,(H,33,39)(H,41,42)/t27-/m0/s1. The van der Waals surface area contributed by atoms with Gasteiger partial charge in [0.15, 0.2) is 0 Å². The Morgan fingerprint density at radius 1 is 1.02 bits per heavy atom. The van der Waals surface area contributed by atoms with Crippen molar-refractivity contribution in [3.05, 3.63) is 94.5 Å². The molecule has 0 saturated heterocycles. The van der Waals surface area contributed by atoms with Gasteiger partial charge in [-0.05, 0) is 77.2 Å². The van der Waals surface area contributed by atoms with Gasteiger partial charge in [-0.3, -0.25) is 19.0 Å². The Hall–Kier alpha value is -5.10. The average Bonchev–Trinajstić information content (AvgIpc) is 3.74. The number of aryl methyl sites for hydroxylation is 1. The van der Waals surface area contributed by atoms with Gasteiger partial charge in [0.1, 0.15) is 12.5 Å². The minimum Gasteiger partial charge on any atom is -0.481 e. The zero-order valence-electron chi connectivity index (χ0n) is 22.2. The second kappa shape index (κ2) is 11.4. The Kier molecular flexibility index (Phi) is 7.36. The molecule has 212 valence electrons. The van der Waals surface area contributed by atoms with Crippen LogP contribution in [0.15, 0.2) is 78.2 Å². The summed E-state index contributed by atoms with van der Waals surface area (Å²) in [5.74, 6) is -1.16. The number of rotatable bonds is 9. The fourth-order valence-electron chi connectivity index (χ4n) is 5.32. The smallest absolute Gasteiger partial charge is 0.303 e. The van der Waals surface area contributed by atoms with Crippen LogP contribution < -0.4 is 10.9 Å². The number of amides is 1. The number of hydrogen-bond donors (Lipinski definition) is 2. The van der Waals surface area contributed by atoms with Gasteiger partial charge in [0.05, 0.1) is 23.9 Å². The van der Waals surface area contributed by atoms with Gasteiger partial charge in [0.2, 0.25) is 5.91 Å². The Bertz CT molecular complexity index is 1830. The summed E-state index contributed by atoms with van der Waals surface area (Å²) in [6.45, 7) is 0. The summed E-state index contributed by atoms with van der Waals surface area (Å²) < 4.78 is 5.32. The molecule has 0 aliphatic carbocycles. The molecule has 1 aliphatic rings. The predicted molar refractivity (Wildman–Crippen MR) is 154 cm³/mol. The lowest BCUT2D eigenvalue weighted by Gasteiger charge is -2.20. The van der Waals surface area contributed by atoms with Crippen LogP contribution in [0.1, 0.15) is 37.5 Å². The van der Waals surface area contributed by atoms with Crippen molar-refractivity contribution in [3.63, 3.8) is 0 Å². The van der Waals surface area contributed by atoms with Gasteiger partial charge in [0, 0.05) is 40.9 Å². The molecule has 0 unspecified atom stereocenters. The summed E-state index contributed by atoms with van der Waals surface area (Å²) in [6, 6.07) is 16.3. The van der Waals surface area contributed by atoms with E-state index in [-0.39, 0.29) is 36.9 Å². The van der Waals surface area contributed by atoms with Gasteiger partial charge in [-0.15, -0.1) is 5.10 Å². The number of carbonyl (C=O) groups is 2. The van der Waals surface area contributed by atoms with Crippen molar-refractivity contribution in [2.24, 2.45) is 0 Å². The number of carboxylic acid groups (broad SMARTS) is 1. The highest BCUT2D eigenvalue weighted by atomic mass is 35.5. The molecular formula is C29H25ClN8O4. The molecule has 13 heteroatoms. The number of carbonyl (C=O) groups excluding carboxylic acids is 1. The number of fused-ring (bicyclic) bond motifs is 1. The molecular weight excluding hydrogens is 560 g/mol. The molecule has 2 N–H and O–H groups in total. The van der Waals surface area contributed by atoms with E-state index in [2.05, 4.69) is 25.8 Å². The molecule has 0 fully saturated rings. The number of imidazole rings is 1. The highest BCUT2D eigenvalue weighted by molar-refractivity contribution is 6.31. The highest BCUT2D eigenvalue weighted by Gasteiger charge is 2.27. The van der Waals surface area contributed by atoms with Gasteiger partial charge in [-0.2, -0.15) is 4.68 Å². The Labute approximate surface area is 244 Å². The van der Waals surface area contributed by atoms with E-state index in [4.69, 9.17) is 16.7 Å². The number of tetrazole rings is 1. The number of benzene rings is 2. The molecule has 0 spiro atoms. The number of nitrogens with zero attached hydrogens (tertiary/aromatic N) is 7. The Morgan fingerprint density at radius 2 is 1.86 bits per heavy atom. The number of carboxylic acids is 1. The lowest BCUT2D eigenvalue weighted by atomic mass is 10.0. The average molecular weight is 585 g/mol. The molecule has 1 aliphatic heterocycles. The zero-order valence-corrected chi connectivity index (χ0v) is 23.0. The van der Waals surface area contributed by atoms with E-state index in [1.165, 1.54) is 11.0 Å². The number of nitrogens with one attached hydrogen (secondary N) is 1. The van der Waals surface area contributed by atoms with E-state index in [0.29, 0.717) is 29.2 Å². The molecule has 42 heavy (non-hydrogen) atoms. The Balaban J connectivity index is 1.26. The first-order valence-corrected chi connectivity index (χ1v) is 13.7. The first-order chi connectivity index (χ1) is 20.4. The lowest BCUT2D eigenvalue weighted by molar-refractivity contribution is -0.137. The molecule has 0 radical (unpaired) electrons. The fraction of sp³-hybridized carbons (Fsp3) is 0.207. The maximum absolute atomic E-state index is 13.6. The topological polar surface area (TPSA) is 150 Å². The van der Waals surface area contributed by atoms with Crippen LogP contribution in [0.5, 0.6) is 0 Å². The van der Waals surface area contributed by atoms with Crippen LogP contribution in [0.4, 0.5) is 5.69 Å². The van der Waals surface area contributed by atoms with Gasteiger partial charge >= 0.3 is 5.97 Å². The van der Waals surface area contributed by atoms with Crippen LogP contribution >= 0.6 is 11.6 Å². The van der Waals surface area contributed by atoms with Crippen molar-refractivity contribution in [1.29, 1.82) is 0 Å². The molecule has 3 aromatic heterocycles. The van der Waals surface area contributed by atoms with Crippen molar-refractivity contribution in [2.75, 3.05) is 5.32 Å². The van der Waals surface area contributed by atoms with Crippen molar-refractivity contribution in [3.8, 4) is 28.1 Å². The molecule has 0 bridgehead atoms. The van der Waals surface area contributed by atoms with Crippen LogP contribution in [0.25, 0.3) is 28.1 Å². The molecule has 6 rings (SSSR count). The maximum Gasteiger partial charge on any atom is 0.303 e. The van der Waals surface area contributed by atoms with Crippen LogP contribution in [-0.4, -0.2) is 51.3 Å². The summed E-state index contributed by atoms with van der Waals surface area (Å²) in [4.78, 5) is 40.7. The molecule has 5 aromatic rings. The quantitative estimate of drug-likeness (QED) is 0.262. The normalized spacial score (nSPS) is 14.1. The lowest BCUT2D eigenvalue weighted by Crippen LogP contribution is -2.26. The van der Waals surface area contributed by atoms with E-state index in [9.17, 15) is 14.4 Å². The van der Waals surface area contributed by atoms with Gasteiger partial charge < -0.3 is 15.0 Å². The van der Waals surface area contributed by atoms with Crippen LogP contribution in [0, 0.1) is 0 Å². The highest BCUT2D eigenvalue weighted by Crippen LogP contribution is 2.34. The first-order valence-electron chi connectivity index (χ1n) is 13.3. The fourth-order valence-corrected chi connectivity index (χ4v) is 5.49. The first kappa shape index (κ1) is 27.1. The number of anilines is 1. The van der Waals surface area contributed by atoms with Gasteiger partial charge in [-0.25, -0.2) is 4.98 Å². The van der Waals surface area contributed by atoms with Gasteiger partial charge in [-0.1, -0.05) is 23.7 Å². The van der Waals surface area contributed by atoms with Gasteiger partial charge in [0.25, 0.3) is 5.56 Å². The van der Waals surface area contributed by atoms with Crippen LogP contribution in [0.2, 0.25) is 5.02 Å². The van der Waals surface area contributed by atoms with Crippen molar-refractivity contribution in [1.82, 2.24) is 34.3 Å². The predicted octanol–water partition coefficient (Wildman–Crippen LogP) is 4.19. The maximum atomic E-state index is 13.6. The summed E-state index contributed by atoms with van der Waals surface area (Å²) in [5.41, 5.74) is 5.25. The molecule has 1 atom stereocenters. The monoisotopic (exact) mass is 584 g/mol. The van der Waals surface area contributed by atoms with E-state index in [1.54, 1.807) is 47.4 Å². The summed E-state index contributed by atoms with van der Waals surface area (Å²) in [6.07, 6.45) is 6.48. The number of hydrogen-bond acceptors (Lipinski definition) is 7. The third-order valence-corrected chi connectivity index (χ3v) is 7.45. The number of halogens is 1. The van der Waals surface area contributed by atoms with Crippen LogP contribution in [-0.2, 0) is 16.0 Å². The second-order valence-corrected chi connectivity index (χ2v) is 10.4. The third kappa shape index (κ3) is 5.44. The molecule has 2 aromatic carbocycles. The largest absolute Gasteiger partial charge is 0.481 e. The van der Waals surface area contributed by atoms with Crippen molar-refractivity contribution in [2.45, 2.75) is 38.3 Å². The molecule has 4 heterocycles. The Morgan fingerprint density at radius 3 is 2.62 bits per heavy atom. The van der Waals surface area contributed by atoms with E-state index in [0.717, 1.165) is 28.1 Å². The minimum atomic E-state index is -0.924. The van der Waals surface area contributed by atoms with Crippen molar-refractivity contribution < 1.29 is 14.7 Å². The summed E-state index contributed by atoms with van der Waals surface area (Å²) >= 11 is 6.32. The van der Waals surface area contributed by atoms with Crippen molar-refractivity contribution >= 4 is 29.2 Å². The van der Waals surface area contributed by atoms with Crippen LogP contribution in [0.3, 0.4) is 0 Å². The third-order valence-electron chi connectivity index (χ3n) is 7.22. The minimum absolute atomic E-state index is 0.0482. The number of aromatic nitrogens is 7.